The van der Waals surface area contributed by atoms with Crippen molar-refractivity contribution in [2.45, 2.75) is 25.8 Å². The number of hydrogen-bond acceptors (Lipinski definition) is 2. The van der Waals surface area contributed by atoms with Gasteiger partial charge in [-0.1, -0.05) is 76.7 Å². The molecule has 0 spiro atoms. The predicted octanol–water partition coefficient (Wildman–Crippen LogP) is 7.43. The molecular formula is C26H23Cl4N2O2+. The maximum absolute atomic E-state index is 6.52. The zero-order chi connectivity index (χ0) is 23.9. The molecule has 0 N–H and O–H groups in total. The Morgan fingerprint density at radius 2 is 1.62 bits per heavy atom. The van der Waals surface area contributed by atoms with Crippen molar-refractivity contribution in [1.82, 2.24) is 4.57 Å². The summed E-state index contributed by atoms with van der Waals surface area (Å²) in [5, 5.41) is 2.23. The lowest BCUT2D eigenvalue weighted by Crippen LogP contribution is -2.35. The number of benzene rings is 3. The van der Waals surface area contributed by atoms with Crippen molar-refractivity contribution in [1.29, 1.82) is 0 Å². The van der Waals surface area contributed by atoms with Gasteiger partial charge >= 0.3 is 0 Å². The number of nitrogens with zero attached hydrogens (tertiary/aromatic N) is 2. The van der Waals surface area contributed by atoms with Crippen LogP contribution >= 0.6 is 46.4 Å². The highest BCUT2D eigenvalue weighted by Gasteiger charge is 2.21. The first-order chi connectivity index (χ1) is 16.5. The largest absolute Gasteiger partial charge is 0.489 e. The van der Waals surface area contributed by atoms with E-state index in [1.807, 2.05) is 65.8 Å². The number of aromatic nitrogens is 2. The van der Waals surface area contributed by atoms with E-state index >= 15 is 0 Å². The fourth-order valence-electron chi connectivity index (χ4n) is 3.51. The summed E-state index contributed by atoms with van der Waals surface area (Å²) >= 11 is 25.3. The highest BCUT2D eigenvalue weighted by Crippen LogP contribution is 2.32. The molecule has 3 aromatic carbocycles. The summed E-state index contributed by atoms with van der Waals surface area (Å²) in [4.78, 5) is 0. The van der Waals surface area contributed by atoms with Gasteiger partial charge in [-0.05, 0) is 36.4 Å². The molecule has 0 radical (unpaired) electrons. The molecule has 0 saturated carbocycles. The van der Waals surface area contributed by atoms with E-state index in [-0.39, 0.29) is 12.7 Å². The van der Waals surface area contributed by atoms with Crippen LogP contribution in [0.3, 0.4) is 0 Å². The molecule has 4 rings (SSSR count). The molecule has 176 valence electrons. The number of para-hydroxylation sites is 1. The van der Waals surface area contributed by atoms with E-state index in [1.165, 1.54) is 0 Å². The molecule has 0 fully saturated rings. The van der Waals surface area contributed by atoms with Crippen LogP contribution in [0.4, 0.5) is 0 Å². The minimum Gasteiger partial charge on any atom is -0.489 e. The topological polar surface area (TPSA) is 27.3 Å². The Hall–Kier alpha value is -2.21. The second kappa shape index (κ2) is 12.0. The van der Waals surface area contributed by atoms with E-state index in [9.17, 15) is 0 Å². The van der Waals surface area contributed by atoms with E-state index in [1.54, 1.807) is 24.3 Å². The Balaban J connectivity index is 1.46. The summed E-state index contributed by atoms with van der Waals surface area (Å²) in [7, 11) is 0. The molecule has 1 atom stereocenters. The van der Waals surface area contributed by atoms with Crippen LogP contribution in [0.2, 0.25) is 20.1 Å². The lowest BCUT2D eigenvalue weighted by Gasteiger charge is -2.19. The monoisotopic (exact) mass is 535 g/mol. The van der Waals surface area contributed by atoms with Gasteiger partial charge in [0.25, 0.3) is 0 Å². The van der Waals surface area contributed by atoms with Gasteiger partial charge in [0.2, 0.25) is 6.33 Å². The first-order valence-corrected chi connectivity index (χ1v) is 12.2. The number of rotatable bonds is 10. The predicted molar refractivity (Wildman–Crippen MR) is 137 cm³/mol. The summed E-state index contributed by atoms with van der Waals surface area (Å²) in [5.41, 5.74) is 1.57. The van der Waals surface area contributed by atoms with Gasteiger partial charge in [-0.15, -0.1) is 0 Å². The van der Waals surface area contributed by atoms with E-state index in [2.05, 4.69) is 4.57 Å². The van der Waals surface area contributed by atoms with Gasteiger partial charge in [-0.2, -0.15) is 0 Å². The lowest BCUT2D eigenvalue weighted by atomic mass is 10.1. The fraction of sp³-hybridized carbons (Fsp3) is 0.192. The van der Waals surface area contributed by atoms with Gasteiger partial charge in [0.1, 0.15) is 43.9 Å². The molecular weight excluding hydrogens is 514 g/mol. The summed E-state index contributed by atoms with van der Waals surface area (Å²) in [6.45, 7) is 2.06. The minimum absolute atomic E-state index is 0.244. The summed E-state index contributed by atoms with van der Waals surface area (Å²) < 4.78 is 16.2. The Bertz CT molecular complexity index is 1210. The number of hydrogen-bond donors (Lipinski definition) is 0. The van der Waals surface area contributed by atoms with Crippen LogP contribution in [0.25, 0.3) is 0 Å². The van der Waals surface area contributed by atoms with Crippen LogP contribution in [-0.4, -0.2) is 11.2 Å². The molecule has 0 amide bonds. The number of halogens is 4. The molecule has 0 saturated heterocycles. The van der Waals surface area contributed by atoms with Crippen molar-refractivity contribution in [2.75, 3.05) is 6.61 Å². The molecule has 8 heteroatoms. The zero-order valence-electron chi connectivity index (χ0n) is 18.2. The second-order valence-corrected chi connectivity index (χ2v) is 9.33. The molecule has 1 aromatic heterocycles. The van der Waals surface area contributed by atoms with Gasteiger partial charge < -0.3 is 9.47 Å². The van der Waals surface area contributed by atoms with E-state index in [0.29, 0.717) is 39.8 Å². The molecule has 0 aliphatic rings. The van der Waals surface area contributed by atoms with Gasteiger partial charge in [0, 0.05) is 31.2 Å². The lowest BCUT2D eigenvalue weighted by molar-refractivity contribution is -0.704. The summed E-state index contributed by atoms with van der Waals surface area (Å²) in [5.74, 6) is 0.853. The van der Waals surface area contributed by atoms with Crippen molar-refractivity contribution in [2.24, 2.45) is 0 Å². The van der Waals surface area contributed by atoms with E-state index < -0.39 is 0 Å². The molecule has 4 nitrogen and oxygen atoms in total. The highest BCUT2D eigenvalue weighted by molar-refractivity contribution is 6.36. The smallest absolute Gasteiger partial charge is 0.243 e. The van der Waals surface area contributed by atoms with E-state index in [0.717, 1.165) is 16.9 Å². The summed E-state index contributed by atoms with van der Waals surface area (Å²) in [6.07, 6.45) is 5.65. The van der Waals surface area contributed by atoms with Crippen molar-refractivity contribution in [3.8, 4) is 5.75 Å². The van der Waals surface area contributed by atoms with Crippen LogP contribution in [-0.2, 0) is 24.4 Å². The molecule has 4 aromatic rings. The molecule has 0 bridgehead atoms. The first kappa shape index (κ1) is 24.9. The fourth-order valence-corrected chi connectivity index (χ4v) is 4.55. The van der Waals surface area contributed by atoms with Gasteiger partial charge in [-0.25, -0.2) is 9.13 Å². The number of imidazole rings is 1. The van der Waals surface area contributed by atoms with Crippen LogP contribution in [0.1, 0.15) is 17.2 Å². The third-order valence-corrected chi connectivity index (χ3v) is 6.55. The minimum atomic E-state index is -0.349. The average molecular weight is 537 g/mol. The van der Waals surface area contributed by atoms with Gasteiger partial charge in [-0.3, -0.25) is 0 Å². The normalized spacial score (nSPS) is 12.0. The quantitative estimate of drug-likeness (QED) is 0.197. The maximum Gasteiger partial charge on any atom is 0.243 e. The third-order valence-electron chi connectivity index (χ3n) is 5.28. The Labute approximate surface area is 219 Å². The van der Waals surface area contributed by atoms with Crippen LogP contribution in [0.5, 0.6) is 5.75 Å². The average Bonchev–Trinajstić information content (AvgIpc) is 3.26. The third kappa shape index (κ3) is 6.68. The second-order valence-electron chi connectivity index (χ2n) is 7.68. The van der Waals surface area contributed by atoms with Crippen LogP contribution in [0, 0.1) is 0 Å². The van der Waals surface area contributed by atoms with Crippen molar-refractivity contribution >= 4 is 46.4 Å². The molecule has 0 aliphatic carbocycles. The molecule has 0 aliphatic heterocycles. The first-order valence-electron chi connectivity index (χ1n) is 10.7. The van der Waals surface area contributed by atoms with Gasteiger partial charge in [0.15, 0.2) is 0 Å². The Morgan fingerprint density at radius 1 is 0.853 bits per heavy atom. The van der Waals surface area contributed by atoms with Crippen molar-refractivity contribution in [3.05, 3.63) is 117 Å². The molecule has 1 unspecified atom stereocenters. The van der Waals surface area contributed by atoms with Crippen molar-refractivity contribution in [3.63, 3.8) is 0 Å². The highest BCUT2D eigenvalue weighted by atomic mass is 35.5. The Kier molecular flexibility index (Phi) is 8.76. The standard InChI is InChI=1S/C26H23Cl4N2O2/c27-19-9-10-21(25(30)15-19)26(34-17-22-23(28)7-4-8-24(22)29)16-32-12-11-31(18-32)13-14-33-20-5-2-1-3-6-20/h1-12,15,18,26H,13-14,16-17H2/q+1. The number of ether oxygens (including phenoxy) is 2. The SMILES string of the molecule is Clc1ccc(C(C[n+]2ccn(CCOc3ccccc3)c2)OCc2c(Cl)cccc2Cl)c(Cl)c1. The van der Waals surface area contributed by atoms with Crippen LogP contribution < -0.4 is 9.30 Å². The molecule has 1 heterocycles. The van der Waals surface area contributed by atoms with E-state index in [4.69, 9.17) is 55.9 Å². The maximum atomic E-state index is 6.52. The summed E-state index contributed by atoms with van der Waals surface area (Å²) in [6, 6.07) is 20.6. The van der Waals surface area contributed by atoms with Crippen molar-refractivity contribution < 1.29 is 14.0 Å². The van der Waals surface area contributed by atoms with Crippen LogP contribution in [0.15, 0.2) is 85.5 Å². The Morgan fingerprint density at radius 3 is 2.35 bits per heavy atom. The molecule has 34 heavy (non-hydrogen) atoms. The van der Waals surface area contributed by atoms with Gasteiger partial charge in [0.05, 0.1) is 6.61 Å². The zero-order valence-corrected chi connectivity index (χ0v) is 21.2.